The van der Waals surface area contributed by atoms with Gasteiger partial charge < -0.3 is 15.6 Å². The van der Waals surface area contributed by atoms with Crippen LogP contribution in [0.3, 0.4) is 0 Å². The molecule has 1 amide bonds. The molecule has 0 saturated carbocycles. The number of carbonyl (C=O) groups excluding carboxylic acids is 2. The minimum Gasteiger partial charge on any atom is -0.356 e. The van der Waals surface area contributed by atoms with Gasteiger partial charge >= 0.3 is 0 Å². The third-order valence-corrected chi connectivity index (χ3v) is 7.22. The number of carbonyl (C=O) groups is 2. The van der Waals surface area contributed by atoms with Crippen LogP contribution in [0.1, 0.15) is 22.5 Å². The van der Waals surface area contributed by atoms with E-state index in [0.29, 0.717) is 47.0 Å². The minimum atomic E-state index is -0.881. The van der Waals surface area contributed by atoms with Crippen LogP contribution in [0.15, 0.2) is 71.8 Å². The number of hydrogen-bond acceptors (Lipinski definition) is 5. The second kappa shape index (κ2) is 10.3. The molecule has 2 aromatic heterocycles. The van der Waals surface area contributed by atoms with Crippen molar-refractivity contribution in [1.82, 2.24) is 9.97 Å². The van der Waals surface area contributed by atoms with Crippen molar-refractivity contribution >= 4 is 41.1 Å². The van der Waals surface area contributed by atoms with E-state index in [1.165, 1.54) is 17.8 Å². The molecule has 4 aromatic rings. The zero-order valence-electron chi connectivity index (χ0n) is 19.1. The molecular formula is C27H22F2N4O2S. The van der Waals surface area contributed by atoms with Crippen LogP contribution in [-0.2, 0) is 11.2 Å². The monoisotopic (exact) mass is 504 g/mol. The van der Waals surface area contributed by atoms with Gasteiger partial charge in [0, 0.05) is 40.2 Å². The highest BCUT2D eigenvalue weighted by molar-refractivity contribution is 7.99. The number of nitrogens with one attached hydrogen (secondary N) is 3. The Hall–Kier alpha value is -3.98. The Morgan fingerprint density at radius 1 is 1.06 bits per heavy atom. The first-order valence-corrected chi connectivity index (χ1v) is 12.3. The normalized spacial score (nSPS) is 14.8. The fraction of sp³-hybridized carbons (Fsp3) is 0.148. The van der Waals surface area contributed by atoms with Crippen molar-refractivity contribution in [3.05, 3.63) is 89.8 Å². The second-order valence-corrected chi connectivity index (χ2v) is 9.59. The first-order valence-electron chi connectivity index (χ1n) is 11.4. The summed E-state index contributed by atoms with van der Waals surface area (Å²) in [5.41, 5.74) is 4.44. The number of nitrogens with zero attached hydrogens (tertiary/aromatic N) is 1. The number of anilines is 3. The summed E-state index contributed by atoms with van der Waals surface area (Å²) in [5, 5.41) is 5.96. The van der Waals surface area contributed by atoms with Crippen molar-refractivity contribution in [3.8, 4) is 11.3 Å². The number of fused-ring (bicyclic) bond motifs is 1. The quantitative estimate of drug-likeness (QED) is 0.196. The lowest BCUT2D eigenvalue weighted by molar-refractivity contribution is -0.105. The molecule has 0 bridgehead atoms. The number of aromatic amines is 1. The molecule has 182 valence electrons. The van der Waals surface area contributed by atoms with Gasteiger partial charge in [0.05, 0.1) is 16.9 Å². The number of rotatable bonds is 8. The Morgan fingerprint density at radius 3 is 2.67 bits per heavy atom. The Balaban J connectivity index is 1.46. The van der Waals surface area contributed by atoms with Crippen LogP contribution in [0, 0.1) is 17.6 Å². The second-order valence-electron chi connectivity index (χ2n) is 8.50. The average molecular weight is 505 g/mol. The fourth-order valence-corrected chi connectivity index (χ4v) is 5.38. The Bertz CT molecular complexity index is 1420. The van der Waals surface area contributed by atoms with E-state index in [2.05, 4.69) is 20.6 Å². The van der Waals surface area contributed by atoms with E-state index in [1.807, 2.05) is 36.4 Å². The van der Waals surface area contributed by atoms with Crippen LogP contribution < -0.4 is 10.6 Å². The Morgan fingerprint density at radius 2 is 1.89 bits per heavy atom. The zero-order chi connectivity index (χ0) is 25.1. The molecule has 9 heteroatoms. The minimum absolute atomic E-state index is 0.00774. The summed E-state index contributed by atoms with van der Waals surface area (Å²) in [6.45, 7) is 0. The number of H-pyrrole nitrogens is 1. The van der Waals surface area contributed by atoms with Gasteiger partial charge in [0.25, 0.3) is 0 Å². The molecule has 5 rings (SSSR count). The predicted molar refractivity (Wildman–Crippen MR) is 137 cm³/mol. The summed E-state index contributed by atoms with van der Waals surface area (Å²) in [4.78, 5) is 32.5. The molecule has 0 spiro atoms. The van der Waals surface area contributed by atoms with E-state index >= 15 is 0 Å². The van der Waals surface area contributed by atoms with E-state index in [4.69, 9.17) is 0 Å². The molecule has 3 N–H and O–H groups in total. The highest BCUT2D eigenvalue weighted by Crippen LogP contribution is 2.41. The van der Waals surface area contributed by atoms with Crippen molar-refractivity contribution in [2.24, 2.45) is 5.92 Å². The average Bonchev–Trinajstić information content (AvgIpc) is 3.24. The summed E-state index contributed by atoms with van der Waals surface area (Å²) in [6, 6.07) is 17.0. The van der Waals surface area contributed by atoms with Gasteiger partial charge in [-0.25, -0.2) is 13.8 Å². The number of thioether (sulfide) groups is 1. The Labute approximate surface area is 210 Å². The van der Waals surface area contributed by atoms with Crippen molar-refractivity contribution in [2.75, 3.05) is 16.4 Å². The number of halogens is 2. The maximum atomic E-state index is 13.6. The van der Waals surface area contributed by atoms with Gasteiger partial charge in [-0.2, -0.15) is 0 Å². The summed E-state index contributed by atoms with van der Waals surface area (Å²) >= 11 is 1.41. The number of hydrogen-bond donors (Lipinski definition) is 3. The largest absolute Gasteiger partial charge is 0.356 e. The molecule has 2 aromatic carbocycles. The molecular weight excluding hydrogens is 482 g/mol. The smallest absolute Gasteiger partial charge is 0.212 e. The molecule has 1 aliphatic rings. The van der Waals surface area contributed by atoms with Crippen LogP contribution in [-0.4, -0.2) is 27.9 Å². The van der Waals surface area contributed by atoms with Gasteiger partial charge in [-0.3, -0.25) is 9.59 Å². The summed E-state index contributed by atoms with van der Waals surface area (Å²) in [5.74, 6) is -0.732. The topological polar surface area (TPSA) is 86.9 Å². The molecule has 36 heavy (non-hydrogen) atoms. The van der Waals surface area contributed by atoms with E-state index < -0.39 is 11.6 Å². The van der Waals surface area contributed by atoms with Crippen molar-refractivity contribution in [1.29, 1.82) is 0 Å². The lowest BCUT2D eigenvalue weighted by atomic mass is 9.87. The Kier molecular flexibility index (Phi) is 6.81. The highest BCUT2D eigenvalue weighted by Gasteiger charge is 2.32. The van der Waals surface area contributed by atoms with E-state index in [0.717, 1.165) is 28.7 Å². The molecule has 1 atom stereocenters. The lowest BCUT2D eigenvalue weighted by Crippen LogP contribution is -2.21. The van der Waals surface area contributed by atoms with Crippen LogP contribution >= 0.6 is 11.8 Å². The van der Waals surface area contributed by atoms with Crippen molar-refractivity contribution < 1.29 is 18.4 Å². The number of para-hydroxylation sites is 1. The third-order valence-electron chi connectivity index (χ3n) is 6.00. The van der Waals surface area contributed by atoms with Crippen LogP contribution in [0.25, 0.3) is 11.3 Å². The molecule has 0 aliphatic heterocycles. The van der Waals surface area contributed by atoms with E-state index in [-0.39, 0.29) is 11.7 Å². The molecule has 2 heterocycles. The number of Topliss-reactive ketones (excluding diaryl/α,β-unsaturated/α-hetero) is 1. The van der Waals surface area contributed by atoms with Gasteiger partial charge in [-0.1, -0.05) is 18.2 Å². The maximum absolute atomic E-state index is 13.6. The number of pyridine rings is 1. The van der Waals surface area contributed by atoms with E-state index in [1.54, 1.807) is 18.3 Å². The van der Waals surface area contributed by atoms with Gasteiger partial charge in [-0.15, -0.1) is 11.8 Å². The first-order chi connectivity index (χ1) is 17.5. The first kappa shape index (κ1) is 23.7. The molecule has 6 nitrogen and oxygen atoms in total. The van der Waals surface area contributed by atoms with Gasteiger partial charge in [-0.05, 0) is 54.8 Å². The van der Waals surface area contributed by atoms with Gasteiger partial charge in [0.1, 0.15) is 5.82 Å². The SMILES string of the molecule is O=CNc1cc(-c2[nH]c3c(c2Nc2ccccc2)C(=O)CC(CSc2ccc(F)c(F)c2)C3)ccn1. The zero-order valence-corrected chi connectivity index (χ0v) is 19.9. The number of amides is 1. The third kappa shape index (κ3) is 5.01. The van der Waals surface area contributed by atoms with Crippen molar-refractivity contribution in [2.45, 2.75) is 17.7 Å². The lowest BCUT2D eigenvalue weighted by Gasteiger charge is -2.22. The van der Waals surface area contributed by atoms with Crippen LogP contribution in [0.4, 0.5) is 26.0 Å². The summed E-state index contributed by atoms with van der Waals surface area (Å²) < 4.78 is 26.8. The number of ketones is 1. The summed E-state index contributed by atoms with van der Waals surface area (Å²) in [7, 11) is 0. The van der Waals surface area contributed by atoms with Gasteiger partial charge in [0.15, 0.2) is 17.4 Å². The van der Waals surface area contributed by atoms with Crippen molar-refractivity contribution in [3.63, 3.8) is 0 Å². The van der Waals surface area contributed by atoms with E-state index in [9.17, 15) is 18.4 Å². The van der Waals surface area contributed by atoms with Crippen LogP contribution in [0.5, 0.6) is 0 Å². The number of aromatic nitrogens is 2. The molecule has 0 radical (unpaired) electrons. The fourth-order valence-electron chi connectivity index (χ4n) is 4.37. The molecule has 0 saturated heterocycles. The standard InChI is InChI=1S/C27H22F2N4O2S/c28-20-7-6-19(13-21(20)29)36-14-16-10-22-25(23(35)11-16)27(32-18-4-2-1-3-5-18)26(33-22)17-8-9-30-24(12-17)31-15-34/h1-9,12-13,15-16,32-33H,10-11,14H2,(H,30,31,34). The molecule has 0 fully saturated rings. The highest BCUT2D eigenvalue weighted by atomic mass is 32.2. The molecule has 1 unspecified atom stereocenters. The molecule has 1 aliphatic carbocycles. The predicted octanol–water partition coefficient (Wildman–Crippen LogP) is 6.20. The van der Waals surface area contributed by atoms with Crippen LogP contribution in [0.2, 0.25) is 0 Å². The maximum Gasteiger partial charge on any atom is 0.212 e. The number of benzene rings is 2. The summed E-state index contributed by atoms with van der Waals surface area (Å²) in [6.07, 6.45) is 3.13. The van der Waals surface area contributed by atoms with Gasteiger partial charge in [0.2, 0.25) is 6.41 Å².